The average Bonchev–Trinajstić information content (AvgIpc) is 3.16. The minimum atomic E-state index is -0.152. The number of rotatable bonds is 5. The first-order chi connectivity index (χ1) is 11.1. The minimum absolute atomic E-state index is 0.152. The largest absolute Gasteiger partial charge is 0.460 e. The van der Waals surface area contributed by atoms with Gasteiger partial charge in [-0.1, -0.05) is 6.92 Å². The Labute approximate surface area is 136 Å². The Morgan fingerprint density at radius 2 is 2.39 bits per heavy atom. The van der Waals surface area contributed by atoms with Gasteiger partial charge in [-0.25, -0.2) is 0 Å². The second kappa shape index (κ2) is 7.00. The second-order valence-electron chi connectivity index (χ2n) is 6.38. The summed E-state index contributed by atoms with van der Waals surface area (Å²) in [6.45, 7) is 7.96. The Morgan fingerprint density at radius 3 is 3.13 bits per heavy atom. The van der Waals surface area contributed by atoms with Crippen molar-refractivity contribution in [3.63, 3.8) is 0 Å². The van der Waals surface area contributed by atoms with E-state index < -0.39 is 0 Å². The lowest BCUT2D eigenvalue weighted by Gasteiger charge is -2.30. The molecule has 2 aromatic rings. The third-order valence-corrected chi connectivity index (χ3v) is 4.27. The molecule has 1 atom stereocenters. The van der Waals surface area contributed by atoms with Crippen molar-refractivity contribution in [1.29, 1.82) is 0 Å². The van der Waals surface area contributed by atoms with Gasteiger partial charge in [-0.05, 0) is 44.4 Å². The number of amides is 1. The normalized spacial score (nSPS) is 19.0. The van der Waals surface area contributed by atoms with Gasteiger partial charge in [-0.3, -0.25) is 9.89 Å². The van der Waals surface area contributed by atoms with Crippen LogP contribution in [-0.2, 0) is 0 Å². The van der Waals surface area contributed by atoms with Crippen LogP contribution in [0.25, 0.3) is 11.5 Å². The van der Waals surface area contributed by atoms with Gasteiger partial charge in [0, 0.05) is 25.7 Å². The lowest BCUT2D eigenvalue weighted by molar-refractivity contribution is 0.0939. The van der Waals surface area contributed by atoms with E-state index in [-0.39, 0.29) is 5.91 Å². The van der Waals surface area contributed by atoms with E-state index in [0.29, 0.717) is 23.7 Å². The number of piperidine rings is 1. The molecule has 6 nitrogen and oxygen atoms in total. The third kappa shape index (κ3) is 4.01. The van der Waals surface area contributed by atoms with E-state index in [1.807, 2.05) is 19.1 Å². The van der Waals surface area contributed by atoms with Crippen molar-refractivity contribution in [3.8, 4) is 11.5 Å². The maximum Gasteiger partial charge on any atom is 0.271 e. The van der Waals surface area contributed by atoms with Crippen LogP contribution in [0.2, 0.25) is 0 Å². The Hall–Kier alpha value is -2.08. The molecule has 3 heterocycles. The highest BCUT2D eigenvalue weighted by Crippen LogP contribution is 2.20. The molecule has 1 unspecified atom stereocenters. The van der Waals surface area contributed by atoms with E-state index in [0.717, 1.165) is 31.3 Å². The highest BCUT2D eigenvalue weighted by Gasteiger charge is 2.17. The van der Waals surface area contributed by atoms with Crippen molar-refractivity contribution in [2.45, 2.75) is 26.7 Å². The van der Waals surface area contributed by atoms with Crippen LogP contribution in [0.15, 0.2) is 22.6 Å². The molecule has 1 amide bonds. The number of hydrogen-bond acceptors (Lipinski definition) is 4. The van der Waals surface area contributed by atoms with E-state index >= 15 is 0 Å². The average molecular weight is 316 g/mol. The number of furan rings is 1. The SMILES string of the molecule is Cc1ccc(-c2cc(C(=O)NCCN3CCCC(C)C3)n[nH]2)o1. The van der Waals surface area contributed by atoms with E-state index in [4.69, 9.17) is 4.42 Å². The fourth-order valence-corrected chi connectivity index (χ4v) is 3.05. The zero-order valence-corrected chi connectivity index (χ0v) is 13.8. The minimum Gasteiger partial charge on any atom is -0.460 e. The Morgan fingerprint density at radius 1 is 1.52 bits per heavy atom. The summed E-state index contributed by atoms with van der Waals surface area (Å²) < 4.78 is 5.52. The number of hydrogen-bond donors (Lipinski definition) is 2. The first-order valence-electron chi connectivity index (χ1n) is 8.24. The number of carbonyl (C=O) groups is 1. The zero-order valence-electron chi connectivity index (χ0n) is 13.8. The Bertz CT molecular complexity index is 661. The summed E-state index contributed by atoms with van der Waals surface area (Å²) in [6.07, 6.45) is 2.56. The predicted molar refractivity (Wildman–Crippen MR) is 88.2 cm³/mol. The fraction of sp³-hybridized carbons (Fsp3) is 0.529. The Balaban J connectivity index is 1.50. The molecule has 1 aliphatic rings. The van der Waals surface area contributed by atoms with Crippen LogP contribution < -0.4 is 5.32 Å². The predicted octanol–water partition coefficient (Wildman–Crippen LogP) is 2.44. The lowest BCUT2D eigenvalue weighted by Crippen LogP contribution is -2.40. The molecule has 1 fully saturated rings. The molecule has 2 N–H and O–H groups in total. The van der Waals surface area contributed by atoms with Gasteiger partial charge in [0.05, 0.1) is 0 Å². The maximum absolute atomic E-state index is 12.2. The molecule has 6 heteroatoms. The molecule has 3 rings (SSSR count). The first-order valence-corrected chi connectivity index (χ1v) is 8.24. The topological polar surface area (TPSA) is 74.2 Å². The number of carbonyl (C=O) groups excluding carboxylic acids is 1. The van der Waals surface area contributed by atoms with E-state index in [1.165, 1.54) is 12.8 Å². The summed E-state index contributed by atoms with van der Waals surface area (Å²) in [7, 11) is 0. The number of likely N-dealkylation sites (tertiary alicyclic amines) is 1. The molecule has 0 saturated carbocycles. The van der Waals surface area contributed by atoms with Crippen LogP contribution in [0.1, 0.15) is 36.0 Å². The molecule has 1 saturated heterocycles. The number of aromatic nitrogens is 2. The summed E-state index contributed by atoms with van der Waals surface area (Å²) >= 11 is 0. The molecule has 0 radical (unpaired) electrons. The highest BCUT2D eigenvalue weighted by molar-refractivity contribution is 5.93. The van der Waals surface area contributed by atoms with Crippen molar-refractivity contribution < 1.29 is 9.21 Å². The smallest absolute Gasteiger partial charge is 0.271 e. The van der Waals surface area contributed by atoms with Crippen molar-refractivity contribution in [2.75, 3.05) is 26.2 Å². The van der Waals surface area contributed by atoms with Crippen molar-refractivity contribution in [2.24, 2.45) is 5.92 Å². The molecular weight excluding hydrogens is 292 g/mol. The Kier molecular flexibility index (Phi) is 4.81. The summed E-state index contributed by atoms with van der Waals surface area (Å²) in [5, 5.41) is 9.85. The third-order valence-electron chi connectivity index (χ3n) is 4.27. The van der Waals surface area contributed by atoms with Crippen LogP contribution in [0.3, 0.4) is 0 Å². The van der Waals surface area contributed by atoms with E-state index in [9.17, 15) is 4.79 Å². The summed E-state index contributed by atoms with van der Waals surface area (Å²) in [4.78, 5) is 14.6. The summed E-state index contributed by atoms with van der Waals surface area (Å²) in [6, 6.07) is 5.47. The number of aryl methyl sites for hydroxylation is 1. The molecule has 124 valence electrons. The number of aromatic amines is 1. The van der Waals surface area contributed by atoms with Gasteiger partial charge in [0.25, 0.3) is 5.91 Å². The summed E-state index contributed by atoms with van der Waals surface area (Å²) in [5.74, 6) is 2.12. The molecular formula is C17H24N4O2. The van der Waals surface area contributed by atoms with Gasteiger partial charge in [0.2, 0.25) is 0 Å². The van der Waals surface area contributed by atoms with Gasteiger partial charge >= 0.3 is 0 Å². The second-order valence-corrected chi connectivity index (χ2v) is 6.38. The van der Waals surface area contributed by atoms with Crippen LogP contribution >= 0.6 is 0 Å². The van der Waals surface area contributed by atoms with Gasteiger partial charge in [0.1, 0.15) is 11.5 Å². The van der Waals surface area contributed by atoms with Crippen molar-refractivity contribution in [1.82, 2.24) is 20.4 Å². The van der Waals surface area contributed by atoms with E-state index in [1.54, 1.807) is 6.07 Å². The fourth-order valence-electron chi connectivity index (χ4n) is 3.05. The van der Waals surface area contributed by atoms with Gasteiger partial charge in [0.15, 0.2) is 11.5 Å². The summed E-state index contributed by atoms with van der Waals surface area (Å²) in [5.41, 5.74) is 1.11. The van der Waals surface area contributed by atoms with Gasteiger partial charge < -0.3 is 14.6 Å². The molecule has 0 aromatic carbocycles. The zero-order chi connectivity index (χ0) is 16.2. The van der Waals surface area contributed by atoms with Crippen molar-refractivity contribution in [3.05, 3.63) is 29.7 Å². The number of H-pyrrole nitrogens is 1. The van der Waals surface area contributed by atoms with Gasteiger partial charge in [-0.2, -0.15) is 5.10 Å². The molecule has 0 aliphatic carbocycles. The number of nitrogens with zero attached hydrogens (tertiary/aromatic N) is 2. The molecule has 0 spiro atoms. The molecule has 0 bridgehead atoms. The first kappa shape index (κ1) is 15.8. The number of nitrogens with one attached hydrogen (secondary N) is 2. The molecule has 1 aliphatic heterocycles. The van der Waals surface area contributed by atoms with Gasteiger partial charge in [-0.15, -0.1) is 0 Å². The lowest BCUT2D eigenvalue weighted by atomic mass is 10.0. The van der Waals surface area contributed by atoms with Crippen LogP contribution in [0.5, 0.6) is 0 Å². The van der Waals surface area contributed by atoms with Crippen LogP contribution in [0.4, 0.5) is 0 Å². The highest BCUT2D eigenvalue weighted by atomic mass is 16.3. The quantitative estimate of drug-likeness (QED) is 0.888. The molecule has 2 aromatic heterocycles. The van der Waals surface area contributed by atoms with Crippen LogP contribution in [0, 0.1) is 12.8 Å². The monoisotopic (exact) mass is 316 g/mol. The van der Waals surface area contributed by atoms with Crippen molar-refractivity contribution >= 4 is 5.91 Å². The molecule has 23 heavy (non-hydrogen) atoms. The van der Waals surface area contributed by atoms with Crippen LogP contribution in [-0.4, -0.2) is 47.2 Å². The maximum atomic E-state index is 12.2. The van der Waals surface area contributed by atoms with E-state index in [2.05, 4.69) is 27.3 Å². The standard InChI is InChI=1S/C17H24N4O2/c1-12-4-3-8-21(11-12)9-7-18-17(22)15-10-14(19-20-15)16-6-5-13(2)23-16/h5-6,10,12H,3-4,7-9,11H2,1-2H3,(H,18,22)(H,19,20).